The van der Waals surface area contributed by atoms with Crippen LogP contribution in [0.5, 0.6) is 5.75 Å². The molecule has 164 valence electrons. The zero-order valence-corrected chi connectivity index (χ0v) is 16.5. The molecule has 0 aliphatic rings. The van der Waals surface area contributed by atoms with E-state index in [4.69, 9.17) is 0 Å². The molecule has 2 aromatic heterocycles. The summed E-state index contributed by atoms with van der Waals surface area (Å²) in [4.78, 5) is 29.2. The second-order valence-corrected chi connectivity index (χ2v) is 6.81. The molecular formula is C20H15F3N6O3. The SMILES string of the molecule is Cc1ccc(-n2nnc3c(=O)n(CC(=O)Nc4ccc(OC(F)(F)F)cc4)cnc32)cc1. The van der Waals surface area contributed by atoms with Gasteiger partial charge in [-0.2, -0.15) is 4.68 Å². The molecule has 12 heteroatoms. The molecule has 9 nitrogen and oxygen atoms in total. The van der Waals surface area contributed by atoms with Gasteiger partial charge in [-0.1, -0.05) is 22.9 Å². The van der Waals surface area contributed by atoms with Crippen LogP contribution < -0.4 is 15.6 Å². The van der Waals surface area contributed by atoms with E-state index in [0.717, 1.165) is 22.3 Å². The first-order valence-electron chi connectivity index (χ1n) is 9.23. The van der Waals surface area contributed by atoms with Gasteiger partial charge < -0.3 is 10.1 Å². The number of fused-ring (bicyclic) bond motifs is 1. The van der Waals surface area contributed by atoms with Crippen molar-refractivity contribution in [3.8, 4) is 11.4 Å². The number of ether oxygens (including phenoxy) is 1. The average molecular weight is 444 g/mol. The minimum absolute atomic E-state index is 0.00507. The zero-order chi connectivity index (χ0) is 22.9. The lowest BCUT2D eigenvalue weighted by Crippen LogP contribution is -2.28. The minimum atomic E-state index is -4.81. The highest BCUT2D eigenvalue weighted by atomic mass is 19.4. The number of aromatic nitrogens is 5. The topological polar surface area (TPSA) is 104 Å². The van der Waals surface area contributed by atoms with Gasteiger partial charge in [0.05, 0.1) is 5.69 Å². The van der Waals surface area contributed by atoms with Gasteiger partial charge in [0.25, 0.3) is 5.56 Å². The average Bonchev–Trinajstić information content (AvgIpc) is 3.16. The summed E-state index contributed by atoms with van der Waals surface area (Å²) in [7, 11) is 0. The number of carbonyl (C=O) groups is 1. The Kier molecular flexibility index (Phi) is 5.34. The second-order valence-electron chi connectivity index (χ2n) is 6.81. The predicted molar refractivity (Wildman–Crippen MR) is 107 cm³/mol. The highest BCUT2D eigenvalue weighted by Gasteiger charge is 2.31. The fourth-order valence-corrected chi connectivity index (χ4v) is 2.91. The Morgan fingerprint density at radius 1 is 1.09 bits per heavy atom. The third kappa shape index (κ3) is 4.58. The van der Waals surface area contributed by atoms with Crippen molar-refractivity contribution in [2.45, 2.75) is 19.8 Å². The number of carbonyl (C=O) groups excluding carboxylic acids is 1. The van der Waals surface area contributed by atoms with E-state index in [1.54, 1.807) is 0 Å². The molecule has 0 bridgehead atoms. The van der Waals surface area contributed by atoms with Crippen molar-refractivity contribution in [1.82, 2.24) is 24.5 Å². The van der Waals surface area contributed by atoms with Crippen LogP contribution in [-0.4, -0.2) is 36.8 Å². The van der Waals surface area contributed by atoms with E-state index < -0.39 is 23.6 Å². The Balaban J connectivity index is 1.49. The first-order chi connectivity index (χ1) is 15.2. The molecule has 0 unspecified atom stereocenters. The summed E-state index contributed by atoms with van der Waals surface area (Å²) in [5.41, 5.74) is 1.65. The van der Waals surface area contributed by atoms with Crippen LogP contribution in [0, 0.1) is 6.92 Å². The molecule has 0 spiro atoms. The lowest BCUT2D eigenvalue weighted by molar-refractivity contribution is -0.274. The largest absolute Gasteiger partial charge is 0.573 e. The summed E-state index contributed by atoms with van der Waals surface area (Å²) in [6, 6.07) is 12.0. The Bertz CT molecular complexity index is 1330. The van der Waals surface area contributed by atoms with Crippen molar-refractivity contribution >= 4 is 22.8 Å². The molecular weight excluding hydrogens is 429 g/mol. The lowest BCUT2D eigenvalue weighted by Gasteiger charge is -2.10. The number of alkyl halides is 3. The molecule has 4 rings (SSSR count). The molecule has 1 N–H and O–H groups in total. The van der Waals surface area contributed by atoms with E-state index in [1.807, 2.05) is 31.2 Å². The van der Waals surface area contributed by atoms with Crippen molar-refractivity contribution in [1.29, 1.82) is 0 Å². The Morgan fingerprint density at radius 3 is 2.44 bits per heavy atom. The van der Waals surface area contributed by atoms with Crippen LogP contribution in [0.25, 0.3) is 16.9 Å². The third-order valence-corrected chi connectivity index (χ3v) is 4.39. The summed E-state index contributed by atoms with van der Waals surface area (Å²) in [6.07, 6.45) is -3.60. The number of hydrogen-bond donors (Lipinski definition) is 1. The van der Waals surface area contributed by atoms with Gasteiger partial charge in [-0.25, -0.2) is 4.98 Å². The molecule has 0 radical (unpaired) electrons. The molecule has 32 heavy (non-hydrogen) atoms. The summed E-state index contributed by atoms with van der Waals surface area (Å²) in [6.45, 7) is 1.57. The Morgan fingerprint density at radius 2 is 1.78 bits per heavy atom. The number of anilines is 1. The minimum Gasteiger partial charge on any atom is -0.406 e. The maximum atomic E-state index is 12.7. The van der Waals surface area contributed by atoms with Crippen LogP contribution in [0.4, 0.5) is 18.9 Å². The number of amides is 1. The van der Waals surface area contributed by atoms with E-state index in [2.05, 4.69) is 25.3 Å². The van der Waals surface area contributed by atoms with Gasteiger partial charge in [-0.15, -0.1) is 18.3 Å². The van der Waals surface area contributed by atoms with Crippen LogP contribution in [-0.2, 0) is 11.3 Å². The van der Waals surface area contributed by atoms with Crippen LogP contribution in [0.3, 0.4) is 0 Å². The normalized spacial score (nSPS) is 11.5. The first kappa shape index (κ1) is 21.0. The summed E-state index contributed by atoms with van der Waals surface area (Å²) >= 11 is 0. The van der Waals surface area contributed by atoms with Crippen molar-refractivity contribution in [2.24, 2.45) is 0 Å². The van der Waals surface area contributed by atoms with Gasteiger partial charge in [0, 0.05) is 5.69 Å². The monoisotopic (exact) mass is 444 g/mol. The van der Waals surface area contributed by atoms with Crippen LogP contribution in [0.1, 0.15) is 5.56 Å². The predicted octanol–water partition coefficient (Wildman–Crippen LogP) is 2.82. The van der Waals surface area contributed by atoms with Crippen molar-refractivity contribution in [2.75, 3.05) is 5.32 Å². The van der Waals surface area contributed by atoms with E-state index in [1.165, 1.54) is 23.1 Å². The van der Waals surface area contributed by atoms with Gasteiger partial charge in [0.15, 0.2) is 11.2 Å². The maximum absolute atomic E-state index is 12.7. The molecule has 1 amide bonds. The molecule has 4 aromatic rings. The highest BCUT2D eigenvalue weighted by Crippen LogP contribution is 2.24. The van der Waals surface area contributed by atoms with Gasteiger partial charge in [0.2, 0.25) is 5.91 Å². The lowest BCUT2D eigenvalue weighted by atomic mass is 10.2. The Labute approximate surface area is 178 Å². The molecule has 0 fully saturated rings. The van der Waals surface area contributed by atoms with E-state index in [0.29, 0.717) is 5.69 Å². The number of benzene rings is 2. The van der Waals surface area contributed by atoms with Crippen molar-refractivity contribution < 1.29 is 22.7 Å². The number of aryl methyl sites for hydroxylation is 1. The smallest absolute Gasteiger partial charge is 0.406 e. The van der Waals surface area contributed by atoms with Crippen LogP contribution in [0.2, 0.25) is 0 Å². The fraction of sp³-hybridized carbons (Fsp3) is 0.150. The van der Waals surface area contributed by atoms with Gasteiger partial charge >= 0.3 is 6.36 Å². The molecule has 2 aromatic carbocycles. The van der Waals surface area contributed by atoms with E-state index in [-0.39, 0.29) is 23.4 Å². The quantitative estimate of drug-likeness (QED) is 0.508. The molecule has 0 saturated heterocycles. The van der Waals surface area contributed by atoms with E-state index in [9.17, 15) is 22.8 Å². The number of halogens is 3. The molecule has 0 atom stereocenters. The standard InChI is InChI=1S/C20H15F3N6O3/c1-12-2-6-14(7-3-12)29-18-17(26-27-29)19(31)28(11-24-18)10-16(30)25-13-4-8-15(9-5-13)32-20(21,22)23/h2-9,11H,10H2,1H3,(H,25,30). The third-order valence-electron chi connectivity index (χ3n) is 4.39. The van der Waals surface area contributed by atoms with Crippen molar-refractivity contribution in [3.05, 3.63) is 70.8 Å². The number of nitrogens with zero attached hydrogens (tertiary/aromatic N) is 5. The number of nitrogens with one attached hydrogen (secondary N) is 1. The van der Waals surface area contributed by atoms with Gasteiger partial charge in [0.1, 0.15) is 18.6 Å². The molecule has 0 aliphatic heterocycles. The highest BCUT2D eigenvalue weighted by molar-refractivity contribution is 5.90. The maximum Gasteiger partial charge on any atom is 0.573 e. The molecule has 0 aliphatic carbocycles. The second kappa shape index (κ2) is 8.13. The van der Waals surface area contributed by atoms with Crippen LogP contribution >= 0.6 is 0 Å². The molecule has 0 saturated carbocycles. The molecule has 2 heterocycles. The van der Waals surface area contributed by atoms with E-state index >= 15 is 0 Å². The fourth-order valence-electron chi connectivity index (χ4n) is 2.91. The first-order valence-corrected chi connectivity index (χ1v) is 9.23. The van der Waals surface area contributed by atoms with Crippen LogP contribution in [0.15, 0.2) is 59.7 Å². The summed E-state index contributed by atoms with van der Waals surface area (Å²) < 4.78 is 42.9. The van der Waals surface area contributed by atoms with Crippen molar-refractivity contribution in [3.63, 3.8) is 0 Å². The number of rotatable bonds is 5. The summed E-state index contributed by atoms with van der Waals surface area (Å²) in [5.74, 6) is -0.998. The Hall–Kier alpha value is -4.22. The summed E-state index contributed by atoms with van der Waals surface area (Å²) in [5, 5.41) is 10.4. The van der Waals surface area contributed by atoms with Gasteiger partial charge in [-0.3, -0.25) is 14.2 Å². The number of hydrogen-bond acceptors (Lipinski definition) is 6. The zero-order valence-electron chi connectivity index (χ0n) is 16.5. The van der Waals surface area contributed by atoms with Gasteiger partial charge in [-0.05, 0) is 43.3 Å².